The van der Waals surface area contributed by atoms with Crippen LogP contribution in [0.3, 0.4) is 0 Å². The Morgan fingerprint density at radius 1 is 1.58 bits per heavy atom. The molecule has 0 saturated carbocycles. The van der Waals surface area contributed by atoms with Crippen LogP contribution in [-0.4, -0.2) is 23.1 Å². The molecule has 3 N–H and O–H groups in total. The zero-order valence-electron chi connectivity index (χ0n) is 9.71. The lowest BCUT2D eigenvalue weighted by Crippen LogP contribution is -2.14. The van der Waals surface area contributed by atoms with Gasteiger partial charge in [-0.25, -0.2) is 4.98 Å². The average molecular weight is 269 g/mol. The highest BCUT2D eigenvalue weighted by atomic mass is 19.4. The van der Waals surface area contributed by atoms with Gasteiger partial charge in [-0.05, 0) is 18.1 Å². The first kappa shape index (κ1) is 13.2. The topological polar surface area (TPSA) is 68.0 Å². The normalized spacial score (nSPS) is 17.1. The van der Waals surface area contributed by atoms with E-state index in [0.29, 0.717) is 12.2 Å². The van der Waals surface area contributed by atoms with Gasteiger partial charge in [0, 0.05) is 24.6 Å². The van der Waals surface area contributed by atoms with E-state index in [1.807, 2.05) is 0 Å². The Hall–Kier alpha value is -2.23. The lowest BCUT2D eigenvalue weighted by Gasteiger charge is -2.05. The minimum atomic E-state index is -4.47. The lowest BCUT2D eigenvalue weighted by atomic mass is 10.1. The van der Waals surface area contributed by atoms with Crippen LogP contribution in [0.5, 0.6) is 0 Å². The number of nitrogens with one attached hydrogen (secondary N) is 1. The minimum absolute atomic E-state index is 0.0573. The molecule has 1 aliphatic heterocycles. The molecule has 1 aromatic heterocycles. The summed E-state index contributed by atoms with van der Waals surface area (Å²) in [5.74, 6) is 3.27. The summed E-state index contributed by atoms with van der Waals surface area (Å²) in [5.41, 5.74) is 6.16. The molecule has 1 aliphatic rings. The van der Waals surface area contributed by atoms with Crippen LogP contribution >= 0.6 is 0 Å². The molecular formula is C12H10F3N3O. The van der Waals surface area contributed by atoms with Gasteiger partial charge in [-0.15, -0.1) is 0 Å². The van der Waals surface area contributed by atoms with Gasteiger partial charge >= 0.3 is 6.18 Å². The van der Waals surface area contributed by atoms with E-state index in [2.05, 4.69) is 16.2 Å². The molecule has 0 spiro atoms. The second kappa shape index (κ2) is 4.80. The number of nitrogens with zero attached hydrogens (tertiary/aromatic N) is 1. The fraction of sp³-hybridized carbons (Fsp3) is 0.333. The van der Waals surface area contributed by atoms with E-state index in [0.717, 1.165) is 5.56 Å². The Morgan fingerprint density at radius 3 is 2.95 bits per heavy atom. The maximum Gasteiger partial charge on any atom is 0.457 e. The van der Waals surface area contributed by atoms with Gasteiger partial charge in [0.15, 0.2) is 0 Å². The van der Waals surface area contributed by atoms with E-state index in [4.69, 9.17) is 5.73 Å². The van der Waals surface area contributed by atoms with Gasteiger partial charge in [0.1, 0.15) is 5.82 Å². The van der Waals surface area contributed by atoms with Crippen molar-refractivity contribution in [3.8, 4) is 11.8 Å². The molecule has 100 valence electrons. The number of alkyl halides is 3. The third-order valence-corrected chi connectivity index (χ3v) is 2.64. The van der Waals surface area contributed by atoms with Crippen molar-refractivity contribution in [3.63, 3.8) is 0 Å². The SMILES string of the molecule is NC(=O)c1cnc2c(c1)C[C@@H](CC#CC(F)(F)F)N2. The highest BCUT2D eigenvalue weighted by Crippen LogP contribution is 2.25. The van der Waals surface area contributed by atoms with E-state index < -0.39 is 12.1 Å². The number of pyridine rings is 1. The molecule has 1 atom stereocenters. The van der Waals surface area contributed by atoms with Gasteiger partial charge in [-0.2, -0.15) is 13.2 Å². The van der Waals surface area contributed by atoms with E-state index in [1.54, 1.807) is 6.07 Å². The quantitative estimate of drug-likeness (QED) is 0.799. The van der Waals surface area contributed by atoms with Crippen LogP contribution in [0.25, 0.3) is 0 Å². The Kier molecular flexibility index (Phi) is 3.34. The summed E-state index contributed by atoms with van der Waals surface area (Å²) in [7, 11) is 0. The summed E-state index contributed by atoms with van der Waals surface area (Å²) in [6, 6.07) is 1.36. The van der Waals surface area contributed by atoms with Crippen LogP contribution < -0.4 is 11.1 Å². The summed E-state index contributed by atoms with van der Waals surface area (Å²) in [6.07, 6.45) is -2.61. The number of hydrogen-bond donors (Lipinski definition) is 2. The first-order valence-corrected chi connectivity index (χ1v) is 5.47. The van der Waals surface area contributed by atoms with Gasteiger partial charge in [-0.3, -0.25) is 4.79 Å². The molecule has 7 heteroatoms. The number of primary amides is 1. The van der Waals surface area contributed by atoms with Crippen molar-refractivity contribution in [2.45, 2.75) is 25.1 Å². The fourth-order valence-electron chi connectivity index (χ4n) is 1.84. The van der Waals surface area contributed by atoms with E-state index >= 15 is 0 Å². The highest BCUT2D eigenvalue weighted by molar-refractivity contribution is 5.93. The fourth-order valence-corrected chi connectivity index (χ4v) is 1.84. The van der Waals surface area contributed by atoms with Crippen LogP contribution in [0.2, 0.25) is 0 Å². The molecule has 1 aromatic rings. The van der Waals surface area contributed by atoms with Crippen LogP contribution in [0.15, 0.2) is 12.3 Å². The molecule has 0 aromatic carbocycles. The first-order valence-electron chi connectivity index (χ1n) is 5.47. The summed E-state index contributed by atoms with van der Waals surface area (Å²) < 4.78 is 35.6. The number of anilines is 1. The third kappa shape index (κ3) is 3.37. The second-order valence-corrected chi connectivity index (χ2v) is 4.15. The summed E-state index contributed by atoms with van der Waals surface area (Å²) in [4.78, 5) is 15.0. The number of carbonyl (C=O) groups excluding carboxylic acids is 1. The zero-order valence-corrected chi connectivity index (χ0v) is 9.71. The van der Waals surface area contributed by atoms with Gasteiger partial charge in [0.2, 0.25) is 5.91 Å². The number of amides is 1. The molecule has 0 bridgehead atoms. The van der Waals surface area contributed by atoms with Crippen molar-refractivity contribution in [2.75, 3.05) is 5.32 Å². The van der Waals surface area contributed by atoms with E-state index in [9.17, 15) is 18.0 Å². The maximum atomic E-state index is 11.9. The van der Waals surface area contributed by atoms with Crippen LogP contribution in [0.1, 0.15) is 22.3 Å². The predicted molar refractivity (Wildman–Crippen MR) is 62.3 cm³/mol. The number of rotatable bonds is 2. The second-order valence-electron chi connectivity index (χ2n) is 4.15. The monoisotopic (exact) mass is 269 g/mol. The van der Waals surface area contributed by atoms with Crippen molar-refractivity contribution in [2.24, 2.45) is 5.73 Å². The van der Waals surface area contributed by atoms with Crippen molar-refractivity contribution in [3.05, 3.63) is 23.4 Å². The Balaban J connectivity index is 2.04. The highest BCUT2D eigenvalue weighted by Gasteiger charge is 2.24. The molecule has 0 aliphatic carbocycles. The molecule has 2 heterocycles. The Labute approximate surface area is 107 Å². The molecule has 0 unspecified atom stereocenters. The van der Waals surface area contributed by atoms with Gasteiger partial charge < -0.3 is 11.1 Å². The average Bonchev–Trinajstić information content (AvgIpc) is 2.68. The standard InChI is InChI=1S/C12H10F3N3O/c13-12(14,15)3-1-2-9-5-7-4-8(10(16)19)6-17-11(7)18-9/h4,6,9H,2,5H2,(H2,16,19)(H,17,18)/t9-/m1/s1. The summed E-state index contributed by atoms with van der Waals surface area (Å²) in [5, 5.41) is 2.95. The number of carbonyl (C=O) groups is 1. The minimum Gasteiger partial charge on any atom is -0.366 e. The predicted octanol–water partition coefficient (Wildman–Crippen LogP) is 1.47. The lowest BCUT2D eigenvalue weighted by molar-refractivity contribution is -0.0697. The van der Waals surface area contributed by atoms with Crippen molar-refractivity contribution < 1.29 is 18.0 Å². The van der Waals surface area contributed by atoms with Crippen molar-refractivity contribution in [1.29, 1.82) is 0 Å². The van der Waals surface area contributed by atoms with Gasteiger partial charge in [0.25, 0.3) is 0 Å². The largest absolute Gasteiger partial charge is 0.457 e. The smallest absolute Gasteiger partial charge is 0.366 e. The van der Waals surface area contributed by atoms with E-state index in [-0.39, 0.29) is 18.0 Å². The molecule has 1 amide bonds. The van der Waals surface area contributed by atoms with Crippen LogP contribution in [0.4, 0.5) is 19.0 Å². The molecule has 0 radical (unpaired) electrons. The molecular weight excluding hydrogens is 259 g/mol. The number of fused-ring (bicyclic) bond motifs is 1. The number of hydrogen-bond acceptors (Lipinski definition) is 3. The molecule has 0 fully saturated rings. The Bertz CT molecular complexity index is 572. The molecule has 19 heavy (non-hydrogen) atoms. The molecule has 2 rings (SSSR count). The van der Waals surface area contributed by atoms with Crippen molar-refractivity contribution >= 4 is 11.7 Å². The first-order chi connectivity index (χ1) is 8.85. The number of nitrogens with two attached hydrogens (primary N) is 1. The van der Waals surface area contributed by atoms with Crippen molar-refractivity contribution in [1.82, 2.24) is 4.98 Å². The van der Waals surface area contributed by atoms with Gasteiger partial charge in [0.05, 0.1) is 5.56 Å². The number of halogens is 3. The van der Waals surface area contributed by atoms with E-state index in [1.165, 1.54) is 12.1 Å². The van der Waals surface area contributed by atoms with Crippen LogP contribution in [0, 0.1) is 11.8 Å². The summed E-state index contributed by atoms with van der Waals surface area (Å²) in [6.45, 7) is 0. The summed E-state index contributed by atoms with van der Waals surface area (Å²) >= 11 is 0. The van der Waals surface area contributed by atoms with Gasteiger partial charge in [-0.1, -0.05) is 5.92 Å². The maximum absolute atomic E-state index is 11.9. The molecule has 0 saturated heterocycles. The van der Waals surface area contributed by atoms with Crippen LogP contribution in [-0.2, 0) is 6.42 Å². The number of aromatic nitrogens is 1. The zero-order chi connectivity index (χ0) is 14.0. The third-order valence-electron chi connectivity index (χ3n) is 2.64. The Morgan fingerprint density at radius 2 is 2.32 bits per heavy atom. The molecule has 4 nitrogen and oxygen atoms in total.